The van der Waals surface area contributed by atoms with E-state index in [0.29, 0.717) is 21.8 Å². The molecule has 0 amide bonds. The average molecular weight is 325 g/mol. The van der Waals surface area contributed by atoms with E-state index in [0.717, 1.165) is 12.8 Å². The summed E-state index contributed by atoms with van der Waals surface area (Å²) in [5, 5.41) is 1.27. The molecule has 0 saturated heterocycles. The van der Waals surface area contributed by atoms with Crippen LogP contribution in [-0.2, 0) is 0 Å². The minimum absolute atomic E-state index is 0.00440. The molecule has 5 nitrogen and oxygen atoms in total. The highest BCUT2D eigenvalue weighted by atomic mass is 32.2. The van der Waals surface area contributed by atoms with Gasteiger partial charge in [-0.1, -0.05) is 23.9 Å². The summed E-state index contributed by atoms with van der Waals surface area (Å²) in [5.41, 5.74) is 1.26. The molecule has 1 N–H and O–H groups in total. The molecule has 0 aliphatic heterocycles. The van der Waals surface area contributed by atoms with Crippen molar-refractivity contribution in [1.82, 2.24) is 14.5 Å². The molecule has 1 saturated carbocycles. The average Bonchev–Trinajstić information content (AvgIpc) is 3.24. The molecule has 0 bridgehead atoms. The van der Waals surface area contributed by atoms with Crippen LogP contribution in [0.1, 0.15) is 29.4 Å². The quantitative estimate of drug-likeness (QED) is 0.445. The van der Waals surface area contributed by atoms with Crippen LogP contribution in [-0.4, -0.2) is 26.1 Å². The highest BCUT2D eigenvalue weighted by Crippen LogP contribution is 2.36. The van der Waals surface area contributed by atoms with Crippen LogP contribution in [0.5, 0.6) is 0 Å². The van der Waals surface area contributed by atoms with Gasteiger partial charge in [0, 0.05) is 12.2 Å². The number of hydrogen-bond donors (Lipinski definition) is 1. The van der Waals surface area contributed by atoms with Crippen molar-refractivity contribution in [2.45, 2.75) is 24.0 Å². The van der Waals surface area contributed by atoms with E-state index in [4.69, 9.17) is 0 Å². The molecule has 0 atom stereocenters. The number of ketones is 1. The Morgan fingerprint density at radius 2 is 2.09 bits per heavy atom. The van der Waals surface area contributed by atoms with Crippen LogP contribution in [0.25, 0.3) is 10.9 Å². The molecule has 1 aliphatic rings. The first-order valence-electron chi connectivity index (χ1n) is 7.55. The van der Waals surface area contributed by atoms with E-state index in [1.54, 1.807) is 22.9 Å². The zero-order valence-electron chi connectivity index (χ0n) is 12.4. The maximum Gasteiger partial charge on any atom is 0.262 e. The van der Waals surface area contributed by atoms with Gasteiger partial charge in [0.05, 0.1) is 22.3 Å². The van der Waals surface area contributed by atoms with E-state index in [2.05, 4.69) is 9.97 Å². The molecule has 2 aromatic heterocycles. The number of carbonyl (C=O) groups is 1. The molecule has 1 fully saturated rings. The van der Waals surface area contributed by atoms with Gasteiger partial charge in [0.1, 0.15) is 0 Å². The SMILES string of the molecule is O=C(CSc1nc2ccccc2c(=O)n1C1CC1)c1ccc[nH]1. The highest BCUT2D eigenvalue weighted by molar-refractivity contribution is 7.99. The normalized spacial score (nSPS) is 14.3. The first-order valence-corrected chi connectivity index (χ1v) is 8.53. The maximum atomic E-state index is 12.7. The van der Waals surface area contributed by atoms with Gasteiger partial charge in [-0.2, -0.15) is 0 Å². The van der Waals surface area contributed by atoms with Crippen LogP contribution in [0.2, 0.25) is 0 Å². The fraction of sp³-hybridized carbons (Fsp3) is 0.235. The number of carbonyl (C=O) groups excluding carboxylic acids is 1. The summed E-state index contributed by atoms with van der Waals surface area (Å²) in [5.74, 6) is 0.266. The summed E-state index contributed by atoms with van der Waals surface area (Å²) in [6, 6.07) is 11.1. The van der Waals surface area contributed by atoms with Crippen molar-refractivity contribution in [3.63, 3.8) is 0 Å². The number of aromatic nitrogens is 3. The monoisotopic (exact) mass is 325 g/mol. The summed E-state index contributed by atoms with van der Waals surface area (Å²) in [4.78, 5) is 32.4. The van der Waals surface area contributed by atoms with Crippen LogP contribution in [0.4, 0.5) is 0 Å². The van der Waals surface area contributed by atoms with Gasteiger partial charge in [0.25, 0.3) is 5.56 Å². The van der Waals surface area contributed by atoms with E-state index in [1.807, 2.05) is 24.3 Å². The van der Waals surface area contributed by atoms with Gasteiger partial charge in [-0.25, -0.2) is 4.98 Å². The van der Waals surface area contributed by atoms with Crippen LogP contribution in [0, 0.1) is 0 Å². The number of rotatable bonds is 5. The molecule has 3 aromatic rings. The first-order chi connectivity index (χ1) is 11.2. The van der Waals surface area contributed by atoms with Gasteiger partial charge in [0.2, 0.25) is 0 Å². The Balaban J connectivity index is 1.69. The number of Topliss-reactive ketones (excluding diaryl/α,β-unsaturated/α-hetero) is 1. The molecule has 23 heavy (non-hydrogen) atoms. The van der Waals surface area contributed by atoms with Gasteiger partial charge in [-0.05, 0) is 37.1 Å². The molecule has 0 unspecified atom stereocenters. The highest BCUT2D eigenvalue weighted by Gasteiger charge is 2.28. The number of fused-ring (bicyclic) bond motifs is 1. The van der Waals surface area contributed by atoms with E-state index in [9.17, 15) is 9.59 Å². The molecule has 0 radical (unpaired) electrons. The zero-order chi connectivity index (χ0) is 15.8. The Kier molecular flexibility index (Phi) is 3.53. The summed E-state index contributed by atoms with van der Waals surface area (Å²) in [7, 11) is 0. The number of nitrogens with zero attached hydrogens (tertiary/aromatic N) is 2. The first kappa shape index (κ1) is 14.3. The van der Waals surface area contributed by atoms with E-state index in [1.165, 1.54) is 11.8 Å². The molecule has 1 aromatic carbocycles. The summed E-state index contributed by atoms with van der Waals surface area (Å²) in [6.45, 7) is 0. The lowest BCUT2D eigenvalue weighted by molar-refractivity contribution is 0.101. The number of H-pyrrole nitrogens is 1. The lowest BCUT2D eigenvalue weighted by Crippen LogP contribution is -2.22. The lowest BCUT2D eigenvalue weighted by atomic mass is 10.2. The van der Waals surface area contributed by atoms with Gasteiger partial charge in [-0.15, -0.1) is 0 Å². The molecule has 6 heteroatoms. The maximum absolute atomic E-state index is 12.7. The van der Waals surface area contributed by atoms with Crippen LogP contribution >= 0.6 is 11.8 Å². The summed E-state index contributed by atoms with van der Waals surface area (Å²) >= 11 is 1.33. The Hall–Kier alpha value is -2.34. The van der Waals surface area contributed by atoms with Gasteiger partial charge < -0.3 is 4.98 Å². The Labute approximate surface area is 136 Å². The van der Waals surface area contributed by atoms with Crippen LogP contribution < -0.4 is 5.56 Å². The largest absolute Gasteiger partial charge is 0.359 e. The van der Waals surface area contributed by atoms with Crippen molar-refractivity contribution >= 4 is 28.4 Å². The van der Waals surface area contributed by atoms with Crippen molar-refractivity contribution in [1.29, 1.82) is 0 Å². The Morgan fingerprint density at radius 1 is 1.26 bits per heavy atom. The second-order valence-corrected chi connectivity index (χ2v) is 6.56. The molecular weight excluding hydrogens is 310 g/mol. The van der Waals surface area contributed by atoms with Gasteiger partial charge in [0.15, 0.2) is 10.9 Å². The minimum Gasteiger partial charge on any atom is -0.359 e. The Morgan fingerprint density at radius 3 is 2.83 bits per heavy atom. The van der Waals surface area contributed by atoms with E-state index in [-0.39, 0.29) is 23.1 Å². The molecule has 4 rings (SSSR count). The second-order valence-electron chi connectivity index (χ2n) is 5.61. The third kappa shape index (κ3) is 2.70. The summed E-state index contributed by atoms with van der Waals surface area (Å²) < 4.78 is 1.76. The summed E-state index contributed by atoms with van der Waals surface area (Å²) in [6.07, 6.45) is 3.72. The smallest absolute Gasteiger partial charge is 0.262 e. The van der Waals surface area contributed by atoms with Crippen molar-refractivity contribution in [3.05, 3.63) is 58.6 Å². The molecule has 0 spiro atoms. The fourth-order valence-corrected chi connectivity index (χ4v) is 3.54. The second kappa shape index (κ2) is 5.70. The third-order valence-electron chi connectivity index (χ3n) is 3.92. The van der Waals surface area contributed by atoms with Crippen molar-refractivity contribution < 1.29 is 4.79 Å². The standard InChI is InChI=1S/C17H15N3O2S/c21-15(14-6-3-9-18-14)10-23-17-19-13-5-2-1-4-12(13)16(22)20(17)11-7-8-11/h1-6,9,11,18H,7-8,10H2. The molecule has 116 valence electrons. The fourth-order valence-electron chi connectivity index (χ4n) is 2.59. The number of benzene rings is 1. The van der Waals surface area contributed by atoms with Crippen molar-refractivity contribution in [3.8, 4) is 0 Å². The minimum atomic E-state index is -0.00655. The molecular formula is C17H15N3O2S. The van der Waals surface area contributed by atoms with Crippen LogP contribution in [0.15, 0.2) is 52.5 Å². The van der Waals surface area contributed by atoms with E-state index >= 15 is 0 Å². The van der Waals surface area contributed by atoms with E-state index < -0.39 is 0 Å². The predicted molar refractivity (Wildman–Crippen MR) is 90.1 cm³/mol. The van der Waals surface area contributed by atoms with Gasteiger partial charge >= 0.3 is 0 Å². The molecule has 2 heterocycles. The third-order valence-corrected chi connectivity index (χ3v) is 4.87. The molecule has 1 aliphatic carbocycles. The Bertz CT molecular complexity index is 927. The predicted octanol–water partition coefficient (Wildman–Crippen LogP) is 3.03. The van der Waals surface area contributed by atoms with Crippen LogP contribution in [0.3, 0.4) is 0 Å². The van der Waals surface area contributed by atoms with Gasteiger partial charge in [-0.3, -0.25) is 14.2 Å². The lowest BCUT2D eigenvalue weighted by Gasteiger charge is -2.11. The van der Waals surface area contributed by atoms with Crippen molar-refractivity contribution in [2.75, 3.05) is 5.75 Å². The number of para-hydroxylation sites is 1. The zero-order valence-corrected chi connectivity index (χ0v) is 13.2. The van der Waals surface area contributed by atoms with Crippen molar-refractivity contribution in [2.24, 2.45) is 0 Å². The number of thioether (sulfide) groups is 1. The topological polar surface area (TPSA) is 67.8 Å². The number of aromatic amines is 1. The number of hydrogen-bond acceptors (Lipinski definition) is 4. The number of nitrogens with one attached hydrogen (secondary N) is 1.